The second kappa shape index (κ2) is 8.41. The Labute approximate surface area is 181 Å². The molecule has 1 atom stereocenters. The number of carbonyl (C=O) groups is 1. The zero-order chi connectivity index (χ0) is 21.2. The number of pyridine rings is 1. The second-order valence-electron chi connectivity index (χ2n) is 9.83. The van der Waals surface area contributed by atoms with Crippen LogP contribution in [0.4, 0.5) is 4.79 Å². The van der Waals surface area contributed by atoms with Crippen LogP contribution in [0.15, 0.2) is 42.7 Å². The summed E-state index contributed by atoms with van der Waals surface area (Å²) in [6.07, 6.45) is 10.5. The Morgan fingerprint density at radius 2 is 1.90 bits per heavy atom. The number of nitrogens with one attached hydrogen (secondary N) is 1. The Kier molecular flexibility index (Phi) is 5.86. The molecule has 0 bridgehead atoms. The Morgan fingerprint density at radius 3 is 2.63 bits per heavy atom. The Morgan fingerprint density at radius 1 is 1.10 bits per heavy atom. The lowest BCUT2D eigenvalue weighted by Gasteiger charge is -2.50. The lowest BCUT2D eigenvalue weighted by molar-refractivity contribution is 0.134. The van der Waals surface area contributed by atoms with E-state index in [0.29, 0.717) is 6.54 Å². The highest BCUT2D eigenvalue weighted by atomic mass is 16.2. The number of rotatable bonds is 4. The van der Waals surface area contributed by atoms with E-state index < -0.39 is 0 Å². The first kappa shape index (κ1) is 20.9. The molecule has 2 heterocycles. The minimum atomic E-state index is -0.0256. The van der Waals surface area contributed by atoms with Gasteiger partial charge >= 0.3 is 6.03 Å². The van der Waals surface area contributed by atoms with Crippen molar-refractivity contribution in [3.63, 3.8) is 0 Å². The van der Waals surface area contributed by atoms with Crippen molar-refractivity contribution in [1.29, 1.82) is 0 Å². The molecule has 1 fully saturated rings. The number of urea groups is 1. The van der Waals surface area contributed by atoms with Gasteiger partial charge in [0.2, 0.25) is 0 Å². The van der Waals surface area contributed by atoms with Gasteiger partial charge in [-0.1, -0.05) is 45.0 Å². The maximum Gasteiger partial charge on any atom is 0.317 e. The number of nitrogens with zero attached hydrogens (tertiary/aromatic N) is 2. The summed E-state index contributed by atoms with van der Waals surface area (Å²) < 4.78 is 0. The number of amides is 2. The summed E-state index contributed by atoms with van der Waals surface area (Å²) in [5, 5.41) is 3.23. The predicted molar refractivity (Wildman–Crippen MR) is 123 cm³/mol. The van der Waals surface area contributed by atoms with Crippen LogP contribution in [0.5, 0.6) is 0 Å². The van der Waals surface area contributed by atoms with E-state index in [0.717, 1.165) is 45.2 Å². The monoisotopic (exact) mass is 405 g/mol. The van der Waals surface area contributed by atoms with Crippen LogP contribution in [0, 0.1) is 5.41 Å². The maximum atomic E-state index is 12.6. The molecule has 1 unspecified atom stereocenters. The summed E-state index contributed by atoms with van der Waals surface area (Å²) >= 11 is 0. The number of benzene rings is 1. The molecule has 1 saturated heterocycles. The predicted octanol–water partition coefficient (Wildman–Crippen LogP) is 5.56. The van der Waals surface area contributed by atoms with Gasteiger partial charge in [-0.3, -0.25) is 4.98 Å². The molecule has 2 amide bonds. The van der Waals surface area contributed by atoms with Gasteiger partial charge in [0.25, 0.3) is 0 Å². The molecule has 1 aromatic carbocycles. The maximum absolute atomic E-state index is 12.6. The number of piperidine rings is 1. The number of hydrogen-bond acceptors (Lipinski definition) is 2. The summed E-state index contributed by atoms with van der Waals surface area (Å²) in [6, 6.07) is 11.0. The fourth-order valence-electron chi connectivity index (χ4n) is 5.38. The molecule has 160 valence electrons. The molecule has 4 nitrogen and oxygen atoms in total. The smallest absolute Gasteiger partial charge is 0.317 e. The number of fused-ring (bicyclic) bond motifs is 1. The highest BCUT2D eigenvalue weighted by Gasteiger charge is 2.46. The van der Waals surface area contributed by atoms with Gasteiger partial charge in [0.15, 0.2) is 0 Å². The first-order valence-corrected chi connectivity index (χ1v) is 11.5. The van der Waals surface area contributed by atoms with Crippen molar-refractivity contribution in [2.75, 3.05) is 19.6 Å². The molecule has 30 heavy (non-hydrogen) atoms. The Hall–Kier alpha value is -2.36. The van der Waals surface area contributed by atoms with Crippen LogP contribution < -0.4 is 5.32 Å². The quantitative estimate of drug-likeness (QED) is 0.723. The highest BCUT2D eigenvalue weighted by Crippen LogP contribution is 2.54. The standard InChI is InChI=1S/C26H35N3O/c1-25(2)13-12-20-9-7-11-22(21-10-8-15-27-19-21)23(20)26(25,3)14-16-28-24(30)29-17-5-4-6-18-29/h7-11,15,19H,4-6,12-14,16-18H2,1-3H3,(H,28,30). The first-order valence-electron chi connectivity index (χ1n) is 11.5. The molecular formula is C26H35N3O. The van der Waals surface area contributed by atoms with Crippen molar-refractivity contribution in [3.05, 3.63) is 53.9 Å². The summed E-state index contributed by atoms with van der Waals surface area (Å²) in [4.78, 5) is 19.0. The van der Waals surface area contributed by atoms with Gasteiger partial charge in [0.05, 0.1) is 0 Å². The van der Waals surface area contributed by atoms with Crippen LogP contribution in [-0.2, 0) is 11.8 Å². The fraction of sp³-hybridized carbons (Fsp3) is 0.538. The number of carbonyl (C=O) groups excluding carboxylic acids is 1. The summed E-state index contributed by atoms with van der Waals surface area (Å²) in [5.74, 6) is 0. The summed E-state index contributed by atoms with van der Waals surface area (Å²) in [5.41, 5.74) is 5.48. The molecule has 0 spiro atoms. The van der Waals surface area contributed by atoms with E-state index in [4.69, 9.17) is 0 Å². The SMILES string of the molecule is CC1(C)CCc2cccc(-c3cccnc3)c2C1(C)CCNC(=O)N1CCCCC1. The van der Waals surface area contributed by atoms with Gasteiger partial charge in [0.1, 0.15) is 0 Å². The second-order valence-corrected chi connectivity index (χ2v) is 9.83. The van der Waals surface area contributed by atoms with Crippen LogP contribution in [0.3, 0.4) is 0 Å². The van der Waals surface area contributed by atoms with Crippen LogP contribution >= 0.6 is 0 Å². The topological polar surface area (TPSA) is 45.2 Å². The molecule has 2 aromatic rings. The third-order valence-corrected chi connectivity index (χ3v) is 7.73. The van der Waals surface area contributed by atoms with Crippen molar-refractivity contribution in [3.8, 4) is 11.1 Å². The summed E-state index contributed by atoms with van der Waals surface area (Å²) in [6.45, 7) is 9.67. The van der Waals surface area contributed by atoms with Crippen LogP contribution in [0.25, 0.3) is 11.1 Å². The van der Waals surface area contributed by atoms with Crippen molar-refractivity contribution in [2.24, 2.45) is 5.41 Å². The van der Waals surface area contributed by atoms with E-state index in [9.17, 15) is 4.79 Å². The van der Waals surface area contributed by atoms with E-state index in [-0.39, 0.29) is 16.9 Å². The van der Waals surface area contributed by atoms with Crippen LogP contribution in [0.1, 0.15) is 64.0 Å². The molecule has 2 aliphatic rings. The minimum absolute atomic E-state index is 0.0256. The van der Waals surface area contributed by atoms with E-state index in [1.165, 1.54) is 28.7 Å². The molecule has 4 heteroatoms. The molecule has 4 rings (SSSR count). The molecule has 1 aliphatic heterocycles. The molecule has 1 aliphatic carbocycles. The van der Waals surface area contributed by atoms with E-state index in [1.807, 2.05) is 23.4 Å². The van der Waals surface area contributed by atoms with Gasteiger partial charge < -0.3 is 10.2 Å². The molecule has 0 radical (unpaired) electrons. The van der Waals surface area contributed by atoms with Gasteiger partial charge in [-0.2, -0.15) is 0 Å². The number of hydrogen-bond donors (Lipinski definition) is 1. The summed E-state index contributed by atoms with van der Waals surface area (Å²) in [7, 11) is 0. The third kappa shape index (κ3) is 3.84. The molecule has 1 N–H and O–H groups in total. The van der Waals surface area contributed by atoms with Crippen molar-refractivity contribution < 1.29 is 4.79 Å². The van der Waals surface area contributed by atoms with E-state index >= 15 is 0 Å². The molecular weight excluding hydrogens is 370 g/mol. The normalized spacial score (nSPS) is 23.0. The Bertz CT molecular complexity index is 886. The Balaban J connectivity index is 1.61. The third-order valence-electron chi connectivity index (χ3n) is 7.73. The largest absolute Gasteiger partial charge is 0.338 e. The lowest BCUT2D eigenvalue weighted by atomic mass is 9.54. The van der Waals surface area contributed by atoms with Crippen molar-refractivity contribution in [1.82, 2.24) is 15.2 Å². The number of likely N-dealkylation sites (tertiary alicyclic amines) is 1. The zero-order valence-electron chi connectivity index (χ0n) is 18.7. The van der Waals surface area contributed by atoms with Crippen molar-refractivity contribution in [2.45, 2.75) is 64.7 Å². The van der Waals surface area contributed by atoms with Crippen LogP contribution in [0.2, 0.25) is 0 Å². The molecule has 1 aromatic heterocycles. The van der Waals surface area contributed by atoms with Gasteiger partial charge in [-0.15, -0.1) is 0 Å². The van der Waals surface area contributed by atoms with Gasteiger partial charge in [0, 0.05) is 43.0 Å². The highest BCUT2D eigenvalue weighted by molar-refractivity contribution is 5.74. The van der Waals surface area contributed by atoms with Gasteiger partial charge in [-0.05, 0) is 66.7 Å². The van der Waals surface area contributed by atoms with E-state index in [1.54, 1.807) is 0 Å². The minimum Gasteiger partial charge on any atom is -0.338 e. The first-order chi connectivity index (χ1) is 14.4. The zero-order valence-corrected chi connectivity index (χ0v) is 18.7. The average molecular weight is 406 g/mol. The number of aryl methyl sites for hydroxylation is 1. The van der Waals surface area contributed by atoms with Gasteiger partial charge in [-0.25, -0.2) is 4.79 Å². The van der Waals surface area contributed by atoms with Crippen LogP contribution in [-0.4, -0.2) is 35.5 Å². The fourth-order valence-corrected chi connectivity index (χ4v) is 5.38. The lowest BCUT2D eigenvalue weighted by Crippen LogP contribution is -2.48. The average Bonchev–Trinajstić information content (AvgIpc) is 2.77. The molecule has 0 saturated carbocycles. The van der Waals surface area contributed by atoms with E-state index in [2.05, 4.69) is 55.3 Å². The number of aromatic nitrogens is 1. The van der Waals surface area contributed by atoms with Crippen molar-refractivity contribution >= 4 is 6.03 Å².